The van der Waals surface area contributed by atoms with E-state index in [1.54, 1.807) is 20.0 Å². The summed E-state index contributed by atoms with van der Waals surface area (Å²) in [5.41, 5.74) is 3.52. The number of alkyl halides is 1. The molecule has 0 saturated carbocycles. The number of hydrogen-bond acceptors (Lipinski definition) is 4. The number of nitrogens with zero attached hydrogens (tertiary/aromatic N) is 1. The molecule has 5 rings (SSSR count). The molecule has 1 aliphatic heterocycles. The summed E-state index contributed by atoms with van der Waals surface area (Å²) in [7, 11) is 0. The lowest BCUT2D eigenvalue weighted by Crippen LogP contribution is -2.35. The van der Waals surface area contributed by atoms with E-state index in [1.807, 2.05) is 55.5 Å². The minimum atomic E-state index is -1.35. The molecule has 5 nitrogen and oxygen atoms in total. The third-order valence-corrected chi connectivity index (χ3v) is 7.05. The maximum Gasteiger partial charge on any atom is 0.337 e. The summed E-state index contributed by atoms with van der Waals surface area (Å²) in [5, 5.41) is 13.1. The van der Waals surface area contributed by atoms with Gasteiger partial charge in [-0.2, -0.15) is 0 Å². The van der Waals surface area contributed by atoms with Gasteiger partial charge in [0.05, 0.1) is 17.7 Å². The first-order valence-corrected chi connectivity index (χ1v) is 11.9. The Balaban J connectivity index is 1.87. The van der Waals surface area contributed by atoms with Crippen LogP contribution >= 0.6 is 0 Å². The highest BCUT2D eigenvalue weighted by Gasteiger charge is 2.35. The monoisotopic (exact) mass is 473 g/mol. The zero-order valence-corrected chi connectivity index (χ0v) is 20.1. The number of pyridine rings is 1. The van der Waals surface area contributed by atoms with E-state index in [-0.39, 0.29) is 0 Å². The number of benzene rings is 3. The lowest BCUT2D eigenvalue weighted by molar-refractivity contribution is -0.166. The zero-order chi connectivity index (χ0) is 24.7. The van der Waals surface area contributed by atoms with Crippen molar-refractivity contribution in [3.8, 4) is 16.9 Å². The van der Waals surface area contributed by atoms with E-state index in [2.05, 4.69) is 0 Å². The van der Waals surface area contributed by atoms with Gasteiger partial charge < -0.3 is 14.6 Å². The molecule has 3 aromatic carbocycles. The highest BCUT2D eigenvalue weighted by molar-refractivity contribution is 6.08. The molecule has 0 radical (unpaired) electrons. The lowest BCUT2D eigenvalue weighted by Gasteiger charge is -2.31. The van der Waals surface area contributed by atoms with Crippen LogP contribution in [-0.4, -0.2) is 34.9 Å². The van der Waals surface area contributed by atoms with Crippen LogP contribution in [0.1, 0.15) is 43.1 Å². The molecule has 1 aromatic heterocycles. The van der Waals surface area contributed by atoms with Gasteiger partial charge in [0, 0.05) is 29.1 Å². The van der Waals surface area contributed by atoms with Gasteiger partial charge in [-0.15, -0.1) is 0 Å². The predicted octanol–water partition coefficient (Wildman–Crippen LogP) is 6.58. The van der Waals surface area contributed by atoms with Gasteiger partial charge in [0.1, 0.15) is 12.4 Å². The number of carboxylic acid groups (broad SMARTS) is 1. The fourth-order valence-corrected chi connectivity index (χ4v) is 4.96. The molecule has 0 fully saturated rings. The molecule has 1 unspecified atom stereocenters. The van der Waals surface area contributed by atoms with E-state index < -0.39 is 24.3 Å². The van der Waals surface area contributed by atoms with Crippen LogP contribution in [0.15, 0.2) is 54.7 Å². The molecule has 180 valence electrons. The molecular formula is C29H28FNO4. The van der Waals surface area contributed by atoms with Gasteiger partial charge in [-0.25, -0.2) is 9.18 Å². The smallest absolute Gasteiger partial charge is 0.337 e. The van der Waals surface area contributed by atoms with E-state index in [0.717, 1.165) is 56.1 Å². The van der Waals surface area contributed by atoms with E-state index in [0.29, 0.717) is 18.6 Å². The first-order valence-electron chi connectivity index (χ1n) is 11.9. The number of carboxylic acids is 1. The van der Waals surface area contributed by atoms with Gasteiger partial charge in [-0.3, -0.25) is 4.98 Å². The molecule has 1 aliphatic rings. The molecule has 2 heterocycles. The van der Waals surface area contributed by atoms with Crippen molar-refractivity contribution < 1.29 is 23.8 Å². The number of fused-ring (bicyclic) bond motifs is 1. The maximum atomic E-state index is 14.0. The van der Waals surface area contributed by atoms with E-state index in [4.69, 9.17) is 14.5 Å². The molecule has 35 heavy (non-hydrogen) atoms. The number of hydrogen-bond donors (Lipinski definition) is 1. The van der Waals surface area contributed by atoms with Gasteiger partial charge in [0.25, 0.3) is 0 Å². The Kier molecular flexibility index (Phi) is 5.93. The van der Waals surface area contributed by atoms with Crippen molar-refractivity contribution in [3.05, 3.63) is 71.4 Å². The molecule has 4 aromatic rings. The molecule has 0 amide bonds. The van der Waals surface area contributed by atoms with Crippen molar-refractivity contribution in [3.63, 3.8) is 0 Å². The van der Waals surface area contributed by atoms with Crippen LogP contribution < -0.4 is 4.74 Å². The standard InChI is InChI=1S/C29H28FNO4/c1-4-29(3,16-30)35-27(28(32)33)23-17(2)15-19-7-5-6-8-20(19)25(23)21-9-10-22-24-18(12-14-34-22)11-13-31-26(21)24/h5-11,13,15,27H,4,12,14,16H2,1-3H3,(H,32,33)/t27-,29?/m1/s1. The van der Waals surface area contributed by atoms with Crippen LogP contribution in [0.5, 0.6) is 5.75 Å². The minimum Gasteiger partial charge on any atom is -0.493 e. The van der Waals surface area contributed by atoms with Crippen molar-refractivity contribution in [1.29, 1.82) is 0 Å². The van der Waals surface area contributed by atoms with Crippen LogP contribution in [0, 0.1) is 6.92 Å². The molecule has 0 bridgehead atoms. The maximum absolute atomic E-state index is 14.0. The van der Waals surface area contributed by atoms with E-state index in [9.17, 15) is 14.3 Å². The highest BCUT2D eigenvalue weighted by Crippen LogP contribution is 2.45. The number of carbonyl (C=O) groups is 1. The van der Waals surface area contributed by atoms with E-state index >= 15 is 0 Å². The summed E-state index contributed by atoms with van der Waals surface area (Å²) in [4.78, 5) is 17.3. The Morgan fingerprint density at radius 1 is 1.26 bits per heavy atom. The second kappa shape index (κ2) is 8.93. The fourth-order valence-electron chi connectivity index (χ4n) is 4.96. The topological polar surface area (TPSA) is 68.7 Å². The lowest BCUT2D eigenvalue weighted by atomic mass is 9.85. The third kappa shape index (κ3) is 3.92. The Bertz CT molecular complexity index is 1430. The average molecular weight is 474 g/mol. The van der Waals surface area contributed by atoms with Crippen molar-refractivity contribution in [2.45, 2.75) is 45.3 Å². The number of aliphatic carboxylic acids is 1. The normalized spacial score (nSPS) is 15.5. The summed E-state index contributed by atoms with van der Waals surface area (Å²) in [6.45, 7) is 5.11. The van der Waals surface area contributed by atoms with Gasteiger partial charge in [-0.05, 0) is 65.9 Å². The third-order valence-electron chi connectivity index (χ3n) is 7.05. The zero-order valence-electron chi connectivity index (χ0n) is 20.1. The van der Waals surface area contributed by atoms with Crippen LogP contribution in [-0.2, 0) is 16.0 Å². The minimum absolute atomic E-state index is 0.342. The SMILES string of the molecule is CCC(C)(CF)O[C@@H](C(=O)O)c1c(C)cc2ccccc2c1-c1ccc2c3c(ccnc13)CCO2. The highest BCUT2D eigenvalue weighted by atomic mass is 19.1. The first kappa shape index (κ1) is 23.2. The molecule has 0 spiro atoms. The second-order valence-corrected chi connectivity index (χ2v) is 9.38. The Labute approximate surface area is 203 Å². The Morgan fingerprint density at radius 3 is 2.80 bits per heavy atom. The summed E-state index contributed by atoms with van der Waals surface area (Å²) in [5.74, 6) is -0.379. The first-order chi connectivity index (χ1) is 16.9. The number of rotatable bonds is 7. The summed E-state index contributed by atoms with van der Waals surface area (Å²) >= 11 is 0. The Hall–Kier alpha value is -3.51. The number of ether oxygens (including phenoxy) is 2. The summed E-state index contributed by atoms with van der Waals surface area (Å²) in [6, 6.07) is 15.7. The van der Waals surface area contributed by atoms with Crippen molar-refractivity contribution in [1.82, 2.24) is 4.98 Å². The second-order valence-electron chi connectivity index (χ2n) is 9.38. The van der Waals surface area contributed by atoms with Crippen molar-refractivity contribution >= 4 is 27.6 Å². The molecule has 0 aliphatic carbocycles. The van der Waals surface area contributed by atoms with Gasteiger partial charge in [-0.1, -0.05) is 37.3 Å². The number of aryl methyl sites for hydroxylation is 1. The van der Waals surface area contributed by atoms with Crippen molar-refractivity contribution in [2.75, 3.05) is 13.3 Å². The quantitative estimate of drug-likeness (QED) is 0.328. The summed E-state index contributed by atoms with van der Waals surface area (Å²) < 4.78 is 25.9. The number of aromatic nitrogens is 1. The van der Waals surface area contributed by atoms with E-state index in [1.165, 1.54) is 0 Å². The fraction of sp³-hybridized carbons (Fsp3) is 0.310. The number of halogens is 1. The predicted molar refractivity (Wildman–Crippen MR) is 135 cm³/mol. The molecule has 0 saturated heterocycles. The van der Waals surface area contributed by atoms with Gasteiger partial charge >= 0.3 is 5.97 Å². The largest absolute Gasteiger partial charge is 0.493 e. The molecule has 6 heteroatoms. The molecule has 1 N–H and O–H groups in total. The van der Waals surface area contributed by atoms with Crippen LogP contribution in [0.25, 0.3) is 32.8 Å². The van der Waals surface area contributed by atoms with Crippen LogP contribution in [0.2, 0.25) is 0 Å². The van der Waals surface area contributed by atoms with Gasteiger partial charge in [0.2, 0.25) is 0 Å². The Morgan fingerprint density at radius 2 is 2.06 bits per heavy atom. The van der Waals surface area contributed by atoms with Gasteiger partial charge in [0.15, 0.2) is 6.10 Å². The molecular weight excluding hydrogens is 445 g/mol. The average Bonchev–Trinajstić information content (AvgIpc) is 2.87. The van der Waals surface area contributed by atoms with Crippen LogP contribution in [0.4, 0.5) is 4.39 Å². The molecule has 2 atom stereocenters. The van der Waals surface area contributed by atoms with Crippen LogP contribution in [0.3, 0.4) is 0 Å². The summed E-state index contributed by atoms with van der Waals surface area (Å²) in [6.07, 6.45) is 1.56. The van der Waals surface area contributed by atoms with Crippen molar-refractivity contribution in [2.24, 2.45) is 0 Å².